The molecule has 0 aromatic carbocycles. The number of hydrogen-bond acceptors (Lipinski definition) is 10. The van der Waals surface area contributed by atoms with Crippen LogP contribution in [0.25, 0.3) is 0 Å². The van der Waals surface area contributed by atoms with Crippen LogP contribution in [0.5, 0.6) is 0 Å². The highest BCUT2D eigenvalue weighted by atomic mass is 16.6. The van der Waals surface area contributed by atoms with Gasteiger partial charge in [0.15, 0.2) is 0 Å². The molecular weight excluding hydrogens is 721 g/mol. The van der Waals surface area contributed by atoms with E-state index in [-0.39, 0.29) is 74.5 Å². The van der Waals surface area contributed by atoms with E-state index < -0.39 is 0 Å². The fraction of sp³-hybridized carbons (Fsp3) is 0.915. The van der Waals surface area contributed by atoms with E-state index in [2.05, 4.69) is 111 Å². The van der Waals surface area contributed by atoms with Crippen molar-refractivity contribution in [3.05, 3.63) is 0 Å². The summed E-state index contributed by atoms with van der Waals surface area (Å²) in [5.41, 5.74) is 0. The second kappa shape index (κ2) is 29.9. The van der Waals surface area contributed by atoms with Gasteiger partial charge in [0.05, 0.1) is 26.2 Å². The van der Waals surface area contributed by atoms with Gasteiger partial charge in [0.25, 0.3) is 0 Å². The van der Waals surface area contributed by atoms with Gasteiger partial charge < -0.3 is 18.9 Å². The fourth-order valence-electron chi connectivity index (χ4n) is 7.54. The van der Waals surface area contributed by atoms with E-state index in [1.807, 2.05) is 0 Å². The van der Waals surface area contributed by atoms with Crippen LogP contribution in [0.4, 0.5) is 0 Å². The molecule has 10 heteroatoms. The Hall–Kier alpha value is -2.20. The van der Waals surface area contributed by atoms with E-state index >= 15 is 0 Å². The molecule has 0 amide bonds. The number of hydrogen-bond donors (Lipinski definition) is 0. The summed E-state index contributed by atoms with van der Waals surface area (Å²) in [4.78, 5) is 57.5. The first-order valence-corrected chi connectivity index (χ1v) is 22.7. The van der Waals surface area contributed by atoms with Gasteiger partial charge in [0, 0.05) is 13.1 Å². The normalized spacial score (nSPS) is 12.6. The molecule has 0 spiro atoms. The minimum absolute atomic E-state index is 0.0664. The van der Waals surface area contributed by atoms with E-state index in [1.54, 1.807) is 9.80 Å². The summed E-state index contributed by atoms with van der Waals surface area (Å²) in [5, 5.41) is 0. The van der Waals surface area contributed by atoms with Gasteiger partial charge >= 0.3 is 23.9 Å². The van der Waals surface area contributed by atoms with Gasteiger partial charge in [0.2, 0.25) is 0 Å². The average Bonchev–Trinajstić information content (AvgIpc) is 2.97. The number of ether oxygens (including phenoxy) is 4. The highest BCUT2D eigenvalue weighted by Crippen LogP contribution is 2.21. The molecule has 336 valence electrons. The monoisotopic (exact) mass is 811 g/mol. The fourth-order valence-corrected chi connectivity index (χ4v) is 7.54. The molecule has 0 fully saturated rings. The molecule has 0 aromatic heterocycles. The molecule has 0 saturated heterocycles. The molecule has 0 rings (SSSR count). The first kappa shape index (κ1) is 54.8. The lowest BCUT2D eigenvalue weighted by Crippen LogP contribution is -2.42. The van der Waals surface area contributed by atoms with Crippen LogP contribution in [-0.4, -0.2) is 97.4 Å². The largest absolute Gasteiger partial charge is 0.461 e. The number of nitrogens with zero attached hydrogens (tertiary/aromatic N) is 2. The highest BCUT2D eigenvalue weighted by Gasteiger charge is 2.26. The number of carbonyl (C=O) groups is 4. The van der Waals surface area contributed by atoms with Gasteiger partial charge in [-0.05, 0) is 105 Å². The molecule has 0 unspecified atom stereocenters. The molecule has 0 heterocycles. The highest BCUT2D eigenvalue weighted by molar-refractivity contribution is 5.76. The minimum Gasteiger partial charge on any atom is -0.461 e. The third kappa shape index (κ3) is 31.4. The van der Waals surface area contributed by atoms with Gasteiger partial charge in [-0.25, -0.2) is 0 Å². The maximum absolute atomic E-state index is 13.5. The number of rotatable bonds is 32. The third-order valence-corrected chi connectivity index (χ3v) is 9.43. The molecule has 0 aliphatic heterocycles. The summed E-state index contributed by atoms with van der Waals surface area (Å²) in [6.45, 7) is 34.4. The van der Waals surface area contributed by atoms with Crippen molar-refractivity contribution < 1.29 is 38.1 Å². The Labute approximate surface area is 350 Å². The first-order chi connectivity index (χ1) is 26.4. The van der Waals surface area contributed by atoms with Crippen LogP contribution in [0.15, 0.2) is 0 Å². The summed E-state index contributed by atoms with van der Waals surface area (Å²) in [6.07, 6.45) is 5.81. The zero-order valence-electron chi connectivity index (χ0n) is 39.7. The van der Waals surface area contributed by atoms with Crippen molar-refractivity contribution >= 4 is 23.9 Å². The van der Waals surface area contributed by atoms with E-state index in [1.165, 1.54) is 0 Å². The van der Waals surface area contributed by atoms with Crippen molar-refractivity contribution in [3.63, 3.8) is 0 Å². The Morgan fingerprint density at radius 3 is 0.614 bits per heavy atom. The molecule has 0 bridgehead atoms. The van der Waals surface area contributed by atoms with Crippen LogP contribution in [0.3, 0.4) is 0 Å². The quantitative estimate of drug-likeness (QED) is 0.0481. The maximum Gasteiger partial charge on any atom is 0.320 e. The first-order valence-electron chi connectivity index (χ1n) is 22.7. The van der Waals surface area contributed by atoms with Crippen LogP contribution in [0, 0.1) is 47.3 Å². The van der Waals surface area contributed by atoms with Crippen molar-refractivity contribution in [2.75, 3.05) is 39.3 Å². The summed E-state index contributed by atoms with van der Waals surface area (Å²) in [6, 6.07) is 0. The molecule has 0 aliphatic rings. The summed E-state index contributed by atoms with van der Waals surface area (Å²) >= 11 is 0. The topological polar surface area (TPSA) is 112 Å². The lowest BCUT2D eigenvalue weighted by atomic mass is 9.98. The Kier molecular flexibility index (Phi) is 28.8. The van der Waals surface area contributed by atoms with E-state index in [0.29, 0.717) is 66.9 Å². The van der Waals surface area contributed by atoms with Crippen LogP contribution in [0.2, 0.25) is 0 Å². The van der Waals surface area contributed by atoms with Crippen LogP contribution >= 0.6 is 0 Å². The van der Waals surface area contributed by atoms with Gasteiger partial charge in [-0.3, -0.25) is 29.0 Å². The Morgan fingerprint density at radius 2 is 0.474 bits per heavy atom. The molecule has 0 aliphatic carbocycles. The second-order valence-electron chi connectivity index (χ2n) is 20.3. The second-order valence-corrected chi connectivity index (χ2v) is 20.3. The van der Waals surface area contributed by atoms with Crippen molar-refractivity contribution in [2.45, 2.75) is 193 Å². The molecule has 0 aromatic rings. The molecule has 0 radical (unpaired) electrons. The number of esters is 4. The summed E-state index contributed by atoms with van der Waals surface area (Å²) < 4.78 is 24.1. The lowest BCUT2D eigenvalue weighted by Gasteiger charge is -2.28. The van der Waals surface area contributed by atoms with Crippen LogP contribution < -0.4 is 0 Å². The zero-order chi connectivity index (χ0) is 43.8. The molecular formula is C47H90N2O8. The van der Waals surface area contributed by atoms with Crippen molar-refractivity contribution in [1.29, 1.82) is 0 Å². The molecule has 0 N–H and O–H groups in total. The molecule has 10 nitrogen and oxygen atoms in total. The van der Waals surface area contributed by atoms with E-state index in [0.717, 1.165) is 51.4 Å². The van der Waals surface area contributed by atoms with Crippen LogP contribution in [0.1, 0.15) is 169 Å². The Balaban J connectivity index is 6.27. The summed E-state index contributed by atoms with van der Waals surface area (Å²) in [5.74, 6) is 1.45. The average molecular weight is 811 g/mol. The van der Waals surface area contributed by atoms with Crippen molar-refractivity contribution in [3.8, 4) is 0 Å². The Morgan fingerprint density at radius 1 is 0.316 bits per heavy atom. The predicted octanol–water partition coefficient (Wildman–Crippen LogP) is 10.00. The maximum atomic E-state index is 13.5. The van der Waals surface area contributed by atoms with E-state index in [4.69, 9.17) is 18.9 Å². The zero-order valence-corrected chi connectivity index (χ0v) is 39.7. The third-order valence-electron chi connectivity index (χ3n) is 9.43. The van der Waals surface area contributed by atoms with Crippen molar-refractivity contribution in [1.82, 2.24) is 9.80 Å². The predicted molar refractivity (Wildman–Crippen MR) is 233 cm³/mol. The van der Waals surface area contributed by atoms with Gasteiger partial charge in [0.1, 0.15) is 24.4 Å². The van der Waals surface area contributed by atoms with Gasteiger partial charge in [-0.1, -0.05) is 111 Å². The standard InChI is InChI=1S/C47H90N2O8/c1-32(2)20-40(21-33(3)4)54-44(50)28-48(29-45(51)55-41(22-34(5)6)23-35(7)8)18-17-19-49(30-46(52)56-42(24-36(9)10)25-37(11)12)31-47(53)57-43(26-38(13)14)27-39(15)16/h32-43H,17-31H2,1-16H3. The van der Waals surface area contributed by atoms with E-state index in [9.17, 15) is 19.2 Å². The lowest BCUT2D eigenvalue weighted by molar-refractivity contribution is -0.157. The summed E-state index contributed by atoms with van der Waals surface area (Å²) in [7, 11) is 0. The SMILES string of the molecule is CC(C)CC(CC(C)C)OC(=O)CN(CCCN(CC(=O)OC(CC(C)C)CC(C)C)CC(=O)OC(CC(C)C)CC(C)C)CC(=O)OC(CC(C)C)CC(C)C. The van der Waals surface area contributed by atoms with Gasteiger partial charge in [-0.15, -0.1) is 0 Å². The molecule has 57 heavy (non-hydrogen) atoms. The smallest absolute Gasteiger partial charge is 0.320 e. The molecule has 0 saturated carbocycles. The van der Waals surface area contributed by atoms with Gasteiger partial charge in [-0.2, -0.15) is 0 Å². The molecule has 0 atom stereocenters. The van der Waals surface area contributed by atoms with Crippen LogP contribution in [-0.2, 0) is 38.1 Å². The van der Waals surface area contributed by atoms with Crippen molar-refractivity contribution in [2.24, 2.45) is 47.3 Å². The minimum atomic E-state index is -0.373. The number of carbonyl (C=O) groups excluding carboxylic acids is 4. The Bertz CT molecular complexity index is 899.